The van der Waals surface area contributed by atoms with E-state index in [0.717, 1.165) is 30.5 Å². The summed E-state index contributed by atoms with van der Waals surface area (Å²) in [6, 6.07) is 5.07. The van der Waals surface area contributed by atoms with Gasteiger partial charge in [0.2, 0.25) is 0 Å². The molecule has 7 nitrogen and oxygen atoms in total. The number of hydrogen-bond acceptors (Lipinski definition) is 6. The molecule has 1 atom stereocenters. The third kappa shape index (κ3) is 3.25. The third-order valence-electron chi connectivity index (χ3n) is 4.91. The van der Waals surface area contributed by atoms with Crippen molar-refractivity contribution in [3.05, 3.63) is 45.4 Å². The van der Waals surface area contributed by atoms with E-state index in [2.05, 4.69) is 9.97 Å². The van der Waals surface area contributed by atoms with Crippen molar-refractivity contribution < 1.29 is 14.3 Å². The number of hydrogen-bond donors (Lipinski definition) is 1. The van der Waals surface area contributed by atoms with Crippen LogP contribution in [0.4, 0.5) is 5.69 Å². The second-order valence-corrected chi connectivity index (χ2v) is 8.03. The number of rotatable bonds is 4. The van der Waals surface area contributed by atoms with Crippen molar-refractivity contribution in [3.63, 3.8) is 0 Å². The van der Waals surface area contributed by atoms with Gasteiger partial charge >= 0.3 is 0 Å². The van der Waals surface area contributed by atoms with Crippen molar-refractivity contribution in [2.75, 3.05) is 18.6 Å². The fourth-order valence-corrected chi connectivity index (χ4v) is 4.25. The molecule has 140 valence electrons. The zero-order chi connectivity index (χ0) is 19.1. The second-order valence-electron chi connectivity index (χ2n) is 6.70. The number of H-pyrrole nitrogens is 1. The van der Waals surface area contributed by atoms with Crippen LogP contribution >= 0.6 is 11.8 Å². The Morgan fingerprint density at radius 3 is 2.96 bits per heavy atom. The number of nitrogens with one attached hydrogen (secondary N) is 1. The first-order valence-corrected chi connectivity index (χ1v) is 9.68. The molecule has 0 radical (unpaired) electrons. The number of aromatic nitrogens is 2. The molecule has 1 unspecified atom stereocenters. The van der Waals surface area contributed by atoms with Crippen LogP contribution < -0.4 is 15.2 Å². The number of aryl methyl sites for hydroxylation is 1. The van der Waals surface area contributed by atoms with Gasteiger partial charge in [0, 0.05) is 18.2 Å². The summed E-state index contributed by atoms with van der Waals surface area (Å²) in [6.45, 7) is 1.78. The number of aromatic amines is 1. The first-order valence-electron chi connectivity index (χ1n) is 8.80. The second kappa shape index (κ2) is 6.84. The molecule has 2 aromatic rings. The Balaban J connectivity index is 1.56. The number of likely N-dealkylation sites (N-methyl/N-ethyl adjacent to an activating group) is 1. The van der Waals surface area contributed by atoms with Gasteiger partial charge in [0.25, 0.3) is 11.5 Å². The molecule has 0 spiro atoms. The molecular weight excluding hydrogens is 366 g/mol. The lowest BCUT2D eigenvalue weighted by Crippen LogP contribution is -2.35. The molecule has 1 aromatic carbocycles. The van der Waals surface area contributed by atoms with Gasteiger partial charge in [0.1, 0.15) is 5.75 Å². The minimum atomic E-state index is -0.434. The van der Waals surface area contributed by atoms with E-state index < -0.39 is 5.25 Å². The van der Waals surface area contributed by atoms with Crippen LogP contribution in [0.15, 0.2) is 28.2 Å². The van der Waals surface area contributed by atoms with E-state index in [-0.39, 0.29) is 23.9 Å². The molecule has 4 rings (SSSR count). The first-order chi connectivity index (χ1) is 12.9. The van der Waals surface area contributed by atoms with Crippen LogP contribution in [0.5, 0.6) is 5.75 Å². The van der Waals surface area contributed by atoms with Gasteiger partial charge in [-0.25, -0.2) is 4.98 Å². The number of Topliss-reactive ketones (excluding diaryl/α,β-unsaturated/α-hetero) is 1. The number of carbonyl (C=O) groups is 2. The zero-order valence-electron chi connectivity index (χ0n) is 15.1. The van der Waals surface area contributed by atoms with Crippen molar-refractivity contribution >= 4 is 29.1 Å². The van der Waals surface area contributed by atoms with Crippen molar-refractivity contribution in [1.82, 2.24) is 9.97 Å². The topological polar surface area (TPSA) is 92.4 Å². The van der Waals surface area contributed by atoms with Crippen molar-refractivity contribution in [3.8, 4) is 5.75 Å². The number of ketones is 1. The van der Waals surface area contributed by atoms with Gasteiger partial charge in [-0.1, -0.05) is 11.8 Å². The highest BCUT2D eigenvalue weighted by atomic mass is 32.2. The number of benzene rings is 1. The summed E-state index contributed by atoms with van der Waals surface area (Å²) in [5, 5.41) is 0.0336. The summed E-state index contributed by atoms with van der Waals surface area (Å²) in [5.41, 5.74) is 2.57. The molecule has 2 aliphatic rings. The van der Waals surface area contributed by atoms with E-state index in [0.29, 0.717) is 22.2 Å². The van der Waals surface area contributed by atoms with Gasteiger partial charge in [0.05, 0.1) is 16.6 Å². The molecule has 1 aromatic heterocycles. The Labute approximate surface area is 160 Å². The Hall–Kier alpha value is -2.61. The molecule has 2 heterocycles. The molecule has 0 saturated carbocycles. The highest BCUT2D eigenvalue weighted by molar-refractivity contribution is 8.00. The third-order valence-corrected chi connectivity index (χ3v) is 5.89. The van der Waals surface area contributed by atoms with Gasteiger partial charge in [-0.15, -0.1) is 0 Å². The van der Waals surface area contributed by atoms with Crippen LogP contribution in [0.2, 0.25) is 0 Å². The number of thioether (sulfide) groups is 1. The smallest absolute Gasteiger partial charge is 0.264 e. The summed E-state index contributed by atoms with van der Waals surface area (Å²) < 4.78 is 5.40. The minimum Gasteiger partial charge on any atom is -0.482 e. The number of nitrogens with zero attached hydrogens (tertiary/aromatic N) is 2. The summed E-state index contributed by atoms with van der Waals surface area (Å²) in [7, 11) is 1.66. The molecule has 1 amide bonds. The number of carbonyl (C=O) groups excluding carboxylic acids is 2. The average Bonchev–Trinajstić information content (AvgIpc) is 3.13. The molecule has 0 fully saturated rings. The van der Waals surface area contributed by atoms with E-state index in [1.165, 1.54) is 16.7 Å². The maximum Gasteiger partial charge on any atom is 0.264 e. The van der Waals surface area contributed by atoms with E-state index in [9.17, 15) is 14.4 Å². The molecule has 0 bridgehead atoms. The van der Waals surface area contributed by atoms with E-state index in [1.807, 2.05) is 0 Å². The van der Waals surface area contributed by atoms with Crippen LogP contribution in [0, 0.1) is 0 Å². The Morgan fingerprint density at radius 2 is 2.15 bits per heavy atom. The van der Waals surface area contributed by atoms with E-state index in [1.54, 1.807) is 32.2 Å². The number of fused-ring (bicyclic) bond motifs is 2. The predicted octanol–water partition coefficient (Wildman–Crippen LogP) is 1.98. The van der Waals surface area contributed by atoms with Crippen molar-refractivity contribution in [2.45, 2.75) is 36.6 Å². The molecule has 8 heteroatoms. The molecule has 0 saturated heterocycles. The largest absolute Gasteiger partial charge is 0.482 e. The van der Waals surface area contributed by atoms with Gasteiger partial charge in [-0.3, -0.25) is 14.4 Å². The maximum absolute atomic E-state index is 12.9. The Morgan fingerprint density at radius 1 is 1.33 bits per heavy atom. The van der Waals surface area contributed by atoms with Crippen molar-refractivity contribution in [2.24, 2.45) is 0 Å². The van der Waals surface area contributed by atoms with Gasteiger partial charge in [-0.05, 0) is 44.4 Å². The fourth-order valence-electron chi connectivity index (χ4n) is 3.36. The van der Waals surface area contributed by atoms with Crippen LogP contribution in [0.1, 0.15) is 35.0 Å². The Bertz CT molecular complexity index is 1000. The number of ether oxygens (including phenoxy) is 1. The number of anilines is 1. The maximum atomic E-state index is 12.9. The predicted molar refractivity (Wildman–Crippen MR) is 102 cm³/mol. The molecule has 1 aliphatic carbocycles. The van der Waals surface area contributed by atoms with Crippen LogP contribution in [0.25, 0.3) is 0 Å². The Kier molecular flexibility index (Phi) is 4.51. The first kappa shape index (κ1) is 17.8. The van der Waals surface area contributed by atoms with E-state index >= 15 is 0 Å². The zero-order valence-corrected chi connectivity index (χ0v) is 15.9. The SMILES string of the molecule is CC(Sc1nc2c(c(=O)[nH]1)CCC2)C(=O)c1ccc2c(c1)N(C)C(=O)CO2. The molecular formula is C19H19N3O4S. The quantitative estimate of drug-likeness (QED) is 0.491. The average molecular weight is 385 g/mol. The highest BCUT2D eigenvalue weighted by Crippen LogP contribution is 2.33. The van der Waals surface area contributed by atoms with Crippen LogP contribution in [-0.4, -0.2) is 40.6 Å². The standard InChI is InChI=1S/C19H19N3O4S/c1-10(27-19-20-13-5-3-4-12(13)18(25)21-19)17(24)11-6-7-15-14(8-11)22(2)16(23)9-26-15/h6-8,10H,3-5,9H2,1-2H3,(H,20,21,25). The number of amides is 1. The van der Waals surface area contributed by atoms with Gasteiger partial charge < -0.3 is 14.6 Å². The lowest BCUT2D eigenvalue weighted by atomic mass is 10.1. The summed E-state index contributed by atoms with van der Waals surface area (Å²) in [4.78, 5) is 45.6. The minimum absolute atomic E-state index is 0.000406. The van der Waals surface area contributed by atoms with Crippen LogP contribution in [-0.2, 0) is 17.6 Å². The highest BCUT2D eigenvalue weighted by Gasteiger charge is 2.26. The summed E-state index contributed by atoms with van der Waals surface area (Å²) >= 11 is 1.24. The normalized spacial score (nSPS) is 16.5. The molecule has 27 heavy (non-hydrogen) atoms. The monoisotopic (exact) mass is 385 g/mol. The summed E-state index contributed by atoms with van der Waals surface area (Å²) in [5.74, 6) is 0.324. The fraction of sp³-hybridized carbons (Fsp3) is 0.368. The van der Waals surface area contributed by atoms with Crippen molar-refractivity contribution in [1.29, 1.82) is 0 Å². The summed E-state index contributed by atoms with van der Waals surface area (Å²) in [6.07, 6.45) is 2.51. The molecule has 1 N–H and O–H groups in total. The van der Waals surface area contributed by atoms with Gasteiger partial charge in [0.15, 0.2) is 17.5 Å². The van der Waals surface area contributed by atoms with Gasteiger partial charge in [-0.2, -0.15) is 0 Å². The lowest BCUT2D eigenvalue weighted by Gasteiger charge is -2.26. The lowest BCUT2D eigenvalue weighted by molar-refractivity contribution is -0.120. The van der Waals surface area contributed by atoms with E-state index in [4.69, 9.17) is 4.74 Å². The van der Waals surface area contributed by atoms with Crippen LogP contribution in [0.3, 0.4) is 0 Å². The molecule has 1 aliphatic heterocycles.